The number of nitrogens with zero attached hydrogens (tertiary/aromatic N) is 3. The number of anilines is 3. The molecule has 0 saturated carbocycles. The van der Waals surface area contributed by atoms with Crippen LogP contribution in [0.1, 0.15) is 4.88 Å². The maximum Gasteiger partial charge on any atom is 0.223 e. The molecule has 0 aromatic carbocycles. The van der Waals surface area contributed by atoms with Crippen LogP contribution >= 0.6 is 22.9 Å². The van der Waals surface area contributed by atoms with Gasteiger partial charge in [0.05, 0.1) is 10.9 Å². The molecule has 2 heterocycles. The van der Waals surface area contributed by atoms with Gasteiger partial charge in [0.25, 0.3) is 0 Å². The zero-order chi connectivity index (χ0) is 12.4. The Hall–Kier alpha value is -1.53. The van der Waals surface area contributed by atoms with E-state index in [4.69, 9.17) is 23.1 Å². The van der Waals surface area contributed by atoms with E-state index >= 15 is 0 Å². The van der Waals surface area contributed by atoms with Crippen molar-refractivity contribution in [2.75, 3.05) is 23.4 Å². The van der Waals surface area contributed by atoms with E-state index in [1.54, 1.807) is 6.07 Å². The fourth-order valence-corrected chi connectivity index (χ4v) is 2.56. The molecule has 90 valence electrons. The van der Waals surface area contributed by atoms with E-state index in [-0.39, 0.29) is 5.95 Å². The number of hydrogen-bond donors (Lipinski definition) is 2. The van der Waals surface area contributed by atoms with Gasteiger partial charge < -0.3 is 16.4 Å². The van der Waals surface area contributed by atoms with Gasteiger partial charge in [-0.3, -0.25) is 0 Å². The fourth-order valence-electron chi connectivity index (χ4n) is 1.42. The summed E-state index contributed by atoms with van der Waals surface area (Å²) in [5, 5.41) is 0. The first-order valence-electron chi connectivity index (χ1n) is 4.90. The molecule has 0 radical (unpaired) electrons. The monoisotopic (exact) mass is 269 g/mol. The minimum atomic E-state index is 0.177. The summed E-state index contributed by atoms with van der Waals surface area (Å²) >= 11 is 7.41. The molecule has 0 unspecified atom stereocenters. The topological polar surface area (TPSA) is 81.1 Å². The van der Waals surface area contributed by atoms with Crippen molar-refractivity contribution in [1.29, 1.82) is 0 Å². The van der Waals surface area contributed by atoms with Gasteiger partial charge in [-0.1, -0.05) is 11.6 Å². The Bertz CT molecular complexity index is 507. The van der Waals surface area contributed by atoms with Crippen molar-refractivity contribution < 1.29 is 0 Å². The number of nitrogens with two attached hydrogens (primary N) is 2. The lowest BCUT2D eigenvalue weighted by molar-refractivity contribution is 0.909. The van der Waals surface area contributed by atoms with Crippen LogP contribution in [0.5, 0.6) is 0 Å². The van der Waals surface area contributed by atoms with Gasteiger partial charge in [0.1, 0.15) is 11.6 Å². The molecular formula is C10H12ClN5S. The standard InChI is InChI=1S/C10H12ClN5S/c1-16(5-6-2-3-7(11)17-6)9-4-8(12)14-10(13)15-9/h2-4H,5H2,1H3,(H4,12,13,14,15). The number of aromatic nitrogens is 2. The van der Waals surface area contributed by atoms with Gasteiger partial charge >= 0.3 is 0 Å². The molecule has 0 saturated heterocycles. The maximum absolute atomic E-state index is 5.87. The van der Waals surface area contributed by atoms with E-state index in [0.29, 0.717) is 18.2 Å². The molecule has 0 amide bonds. The third kappa shape index (κ3) is 2.98. The van der Waals surface area contributed by atoms with Gasteiger partial charge in [0, 0.05) is 18.0 Å². The highest BCUT2D eigenvalue weighted by atomic mass is 35.5. The normalized spacial score (nSPS) is 10.5. The molecule has 0 atom stereocenters. The number of nitrogen functional groups attached to an aromatic ring is 2. The van der Waals surface area contributed by atoms with Crippen LogP contribution in [0.3, 0.4) is 0 Å². The summed E-state index contributed by atoms with van der Waals surface area (Å²) in [5.74, 6) is 1.24. The van der Waals surface area contributed by atoms with Crippen LogP contribution < -0.4 is 16.4 Å². The fraction of sp³-hybridized carbons (Fsp3) is 0.200. The van der Waals surface area contributed by atoms with Crippen LogP contribution in [-0.4, -0.2) is 17.0 Å². The predicted molar refractivity (Wildman–Crippen MR) is 72.3 cm³/mol. The quantitative estimate of drug-likeness (QED) is 0.891. The second kappa shape index (κ2) is 4.77. The largest absolute Gasteiger partial charge is 0.383 e. The lowest BCUT2D eigenvalue weighted by Crippen LogP contribution is -2.18. The first-order chi connectivity index (χ1) is 8.04. The smallest absolute Gasteiger partial charge is 0.223 e. The lowest BCUT2D eigenvalue weighted by atomic mass is 10.4. The summed E-state index contributed by atoms with van der Waals surface area (Å²) in [6.07, 6.45) is 0. The van der Waals surface area contributed by atoms with E-state index in [1.807, 2.05) is 24.1 Å². The highest BCUT2D eigenvalue weighted by Crippen LogP contribution is 2.24. The lowest BCUT2D eigenvalue weighted by Gasteiger charge is -2.17. The summed E-state index contributed by atoms with van der Waals surface area (Å²) in [5.41, 5.74) is 11.2. The second-order valence-corrected chi connectivity index (χ2v) is 5.37. The van der Waals surface area contributed by atoms with E-state index < -0.39 is 0 Å². The predicted octanol–water partition coefficient (Wildman–Crippen LogP) is 1.99. The molecule has 17 heavy (non-hydrogen) atoms. The van der Waals surface area contributed by atoms with Gasteiger partial charge in [0.15, 0.2) is 0 Å². The molecule has 2 rings (SSSR count). The third-order valence-corrected chi connectivity index (χ3v) is 3.38. The first-order valence-corrected chi connectivity index (χ1v) is 6.09. The molecule has 7 heteroatoms. The molecule has 2 aromatic heterocycles. The number of halogens is 1. The van der Waals surface area contributed by atoms with E-state index in [2.05, 4.69) is 9.97 Å². The van der Waals surface area contributed by atoms with Crippen molar-refractivity contribution in [3.63, 3.8) is 0 Å². The van der Waals surface area contributed by atoms with Gasteiger partial charge in [-0.05, 0) is 12.1 Å². The summed E-state index contributed by atoms with van der Waals surface area (Å²) in [6, 6.07) is 5.54. The number of rotatable bonds is 3. The summed E-state index contributed by atoms with van der Waals surface area (Å²) in [7, 11) is 1.91. The molecule has 0 aliphatic rings. The molecule has 0 aliphatic heterocycles. The molecule has 0 aliphatic carbocycles. The molecule has 5 nitrogen and oxygen atoms in total. The van der Waals surface area contributed by atoms with Gasteiger partial charge in [-0.25, -0.2) is 0 Å². The zero-order valence-electron chi connectivity index (χ0n) is 9.22. The Morgan fingerprint density at radius 2 is 2.12 bits per heavy atom. The Balaban J connectivity index is 2.16. The van der Waals surface area contributed by atoms with Crippen molar-refractivity contribution in [3.8, 4) is 0 Å². The average Bonchev–Trinajstić information content (AvgIpc) is 2.62. The van der Waals surface area contributed by atoms with Crippen LogP contribution in [0, 0.1) is 0 Å². The molecule has 0 bridgehead atoms. The molecule has 4 N–H and O–H groups in total. The first kappa shape index (κ1) is 11.9. The average molecular weight is 270 g/mol. The van der Waals surface area contributed by atoms with E-state index in [9.17, 15) is 0 Å². The summed E-state index contributed by atoms with van der Waals surface area (Å²) < 4.78 is 0.773. The minimum Gasteiger partial charge on any atom is -0.383 e. The minimum absolute atomic E-state index is 0.177. The van der Waals surface area contributed by atoms with Crippen LogP contribution in [0.15, 0.2) is 18.2 Å². The van der Waals surface area contributed by atoms with Crippen molar-refractivity contribution >= 4 is 40.5 Å². The van der Waals surface area contributed by atoms with Crippen LogP contribution in [0.4, 0.5) is 17.6 Å². The van der Waals surface area contributed by atoms with Gasteiger partial charge in [-0.15, -0.1) is 11.3 Å². The zero-order valence-corrected chi connectivity index (χ0v) is 10.8. The van der Waals surface area contributed by atoms with E-state index in [0.717, 1.165) is 9.21 Å². The Morgan fingerprint density at radius 1 is 1.35 bits per heavy atom. The Kier molecular flexibility index (Phi) is 3.35. The van der Waals surface area contributed by atoms with Crippen LogP contribution in [-0.2, 0) is 6.54 Å². The second-order valence-electron chi connectivity index (χ2n) is 3.57. The highest BCUT2D eigenvalue weighted by molar-refractivity contribution is 7.16. The van der Waals surface area contributed by atoms with Crippen LogP contribution in [0.2, 0.25) is 4.34 Å². The number of thiophene rings is 1. The SMILES string of the molecule is CN(Cc1ccc(Cl)s1)c1cc(N)nc(N)n1. The van der Waals surface area contributed by atoms with Gasteiger partial charge in [0.2, 0.25) is 5.95 Å². The van der Waals surface area contributed by atoms with Gasteiger partial charge in [-0.2, -0.15) is 9.97 Å². The summed E-state index contributed by atoms with van der Waals surface area (Å²) in [4.78, 5) is 11.0. The van der Waals surface area contributed by atoms with Crippen LogP contribution in [0.25, 0.3) is 0 Å². The maximum atomic E-state index is 5.87. The van der Waals surface area contributed by atoms with Crippen molar-refractivity contribution in [2.45, 2.75) is 6.54 Å². The molecule has 0 spiro atoms. The third-order valence-electron chi connectivity index (χ3n) is 2.16. The number of hydrogen-bond acceptors (Lipinski definition) is 6. The Labute approximate surface area is 108 Å². The Morgan fingerprint density at radius 3 is 2.71 bits per heavy atom. The molecular weight excluding hydrogens is 258 g/mol. The van der Waals surface area contributed by atoms with Crippen molar-refractivity contribution in [2.24, 2.45) is 0 Å². The summed E-state index contributed by atoms with van der Waals surface area (Å²) in [6.45, 7) is 0.702. The van der Waals surface area contributed by atoms with Crippen molar-refractivity contribution in [3.05, 3.63) is 27.4 Å². The highest BCUT2D eigenvalue weighted by Gasteiger charge is 2.07. The van der Waals surface area contributed by atoms with E-state index in [1.165, 1.54) is 11.3 Å². The molecule has 0 fully saturated rings. The van der Waals surface area contributed by atoms with Crippen molar-refractivity contribution in [1.82, 2.24) is 9.97 Å². The molecule has 2 aromatic rings.